The molecular weight excluding hydrogens is 212 g/mol. The smallest absolute Gasteiger partial charge is 0.218 e. The third kappa shape index (κ3) is 2.52. The maximum Gasteiger partial charge on any atom is 0.218 e. The molecule has 1 rings (SSSR count). The van der Waals surface area contributed by atoms with Crippen LogP contribution >= 0.6 is 0 Å². The first-order valence-corrected chi connectivity index (χ1v) is 7.14. The van der Waals surface area contributed by atoms with Crippen LogP contribution in [0.15, 0.2) is 0 Å². The highest BCUT2D eigenvalue weighted by atomic mass is 32.2. The van der Waals surface area contributed by atoms with Crippen molar-refractivity contribution in [3.8, 4) is 0 Å². The summed E-state index contributed by atoms with van der Waals surface area (Å²) in [5, 5.41) is -0.472. The summed E-state index contributed by atoms with van der Waals surface area (Å²) >= 11 is 0. The fourth-order valence-electron chi connectivity index (χ4n) is 2.23. The van der Waals surface area contributed by atoms with Crippen molar-refractivity contribution >= 4 is 10.0 Å². The van der Waals surface area contributed by atoms with E-state index in [0.29, 0.717) is 0 Å². The zero-order valence-electron chi connectivity index (χ0n) is 9.81. The molecule has 0 radical (unpaired) electrons. The minimum absolute atomic E-state index is 0.118. The highest BCUT2D eigenvalue weighted by Crippen LogP contribution is 2.27. The van der Waals surface area contributed by atoms with Gasteiger partial charge in [-0.05, 0) is 33.6 Å². The lowest BCUT2D eigenvalue weighted by molar-refractivity contribution is 0.202. The standard InChI is InChI=1S/C10H22N2O2S/c1-8-5-4-6-9(2)12(8)15(13,14)10(3)7-11/h8-10H,4-7,11H2,1-3H3. The number of rotatable bonds is 3. The fraction of sp³-hybridized carbons (Fsp3) is 1.00. The Kier molecular flexibility index (Phi) is 4.14. The van der Waals surface area contributed by atoms with Gasteiger partial charge < -0.3 is 5.73 Å². The molecule has 0 aromatic rings. The van der Waals surface area contributed by atoms with Crippen molar-refractivity contribution in [3.05, 3.63) is 0 Å². The zero-order chi connectivity index (χ0) is 11.6. The molecule has 3 atom stereocenters. The van der Waals surface area contributed by atoms with Crippen LogP contribution in [0.3, 0.4) is 0 Å². The number of nitrogens with two attached hydrogens (primary N) is 1. The van der Waals surface area contributed by atoms with Gasteiger partial charge in [0.05, 0.1) is 5.25 Å². The Morgan fingerprint density at radius 1 is 1.33 bits per heavy atom. The molecule has 1 heterocycles. The minimum Gasteiger partial charge on any atom is -0.329 e. The second-order valence-corrected chi connectivity index (χ2v) is 6.81. The van der Waals surface area contributed by atoms with Crippen LogP contribution in [0.2, 0.25) is 0 Å². The molecule has 1 aliphatic rings. The maximum atomic E-state index is 12.2. The Hall–Kier alpha value is -0.130. The molecule has 0 amide bonds. The van der Waals surface area contributed by atoms with Crippen LogP contribution in [0.25, 0.3) is 0 Å². The van der Waals surface area contributed by atoms with Crippen molar-refractivity contribution in [2.24, 2.45) is 5.73 Å². The van der Waals surface area contributed by atoms with Crippen molar-refractivity contribution in [2.75, 3.05) is 6.54 Å². The molecule has 15 heavy (non-hydrogen) atoms. The van der Waals surface area contributed by atoms with E-state index in [1.807, 2.05) is 13.8 Å². The molecule has 5 heteroatoms. The van der Waals surface area contributed by atoms with Gasteiger partial charge in [-0.3, -0.25) is 0 Å². The van der Waals surface area contributed by atoms with E-state index in [9.17, 15) is 8.42 Å². The Balaban J connectivity index is 2.93. The summed E-state index contributed by atoms with van der Waals surface area (Å²) in [6.07, 6.45) is 3.03. The average Bonchev–Trinajstić information content (AvgIpc) is 2.15. The predicted octanol–water partition coefficient (Wildman–Crippen LogP) is 0.926. The van der Waals surface area contributed by atoms with Gasteiger partial charge in [0.25, 0.3) is 0 Å². The van der Waals surface area contributed by atoms with Crippen LogP contribution in [0.1, 0.15) is 40.0 Å². The van der Waals surface area contributed by atoms with Gasteiger partial charge >= 0.3 is 0 Å². The number of sulfonamides is 1. The molecular formula is C10H22N2O2S. The SMILES string of the molecule is CC1CCCC(C)N1S(=O)(=O)C(C)CN. The molecule has 0 aliphatic carbocycles. The molecule has 0 aromatic carbocycles. The van der Waals surface area contributed by atoms with Gasteiger partial charge in [0, 0.05) is 18.6 Å². The van der Waals surface area contributed by atoms with E-state index in [1.54, 1.807) is 11.2 Å². The fourth-order valence-corrected chi connectivity index (χ4v) is 4.10. The van der Waals surface area contributed by atoms with Crippen molar-refractivity contribution in [2.45, 2.75) is 57.4 Å². The minimum atomic E-state index is -3.20. The van der Waals surface area contributed by atoms with Crippen molar-refractivity contribution in [1.82, 2.24) is 4.31 Å². The van der Waals surface area contributed by atoms with Crippen molar-refractivity contribution in [1.29, 1.82) is 0 Å². The quantitative estimate of drug-likeness (QED) is 0.790. The average molecular weight is 234 g/mol. The van der Waals surface area contributed by atoms with Gasteiger partial charge in [-0.1, -0.05) is 6.42 Å². The van der Waals surface area contributed by atoms with E-state index < -0.39 is 15.3 Å². The summed E-state index contributed by atoms with van der Waals surface area (Å²) in [5.41, 5.74) is 5.45. The summed E-state index contributed by atoms with van der Waals surface area (Å²) in [4.78, 5) is 0. The first-order chi connectivity index (χ1) is 6.91. The van der Waals surface area contributed by atoms with E-state index in [0.717, 1.165) is 19.3 Å². The van der Waals surface area contributed by atoms with Gasteiger partial charge in [-0.15, -0.1) is 0 Å². The van der Waals surface area contributed by atoms with Crippen LogP contribution in [-0.2, 0) is 10.0 Å². The molecule has 1 aliphatic heterocycles. The van der Waals surface area contributed by atoms with Crippen molar-refractivity contribution < 1.29 is 8.42 Å². The summed E-state index contributed by atoms with van der Waals surface area (Å²) in [6.45, 7) is 5.84. The second kappa shape index (κ2) is 4.80. The highest BCUT2D eigenvalue weighted by molar-refractivity contribution is 7.89. The topological polar surface area (TPSA) is 63.4 Å². The highest BCUT2D eigenvalue weighted by Gasteiger charge is 2.37. The molecule has 2 N–H and O–H groups in total. The lowest BCUT2D eigenvalue weighted by atomic mass is 10.0. The van der Waals surface area contributed by atoms with Gasteiger partial charge in [-0.2, -0.15) is 4.31 Å². The lowest BCUT2D eigenvalue weighted by Gasteiger charge is -2.39. The van der Waals surface area contributed by atoms with Crippen LogP contribution in [0, 0.1) is 0 Å². The van der Waals surface area contributed by atoms with Gasteiger partial charge in [-0.25, -0.2) is 8.42 Å². The molecule has 0 spiro atoms. The maximum absolute atomic E-state index is 12.2. The Bertz CT molecular complexity index is 293. The van der Waals surface area contributed by atoms with E-state index in [1.165, 1.54) is 0 Å². The third-order valence-corrected chi connectivity index (χ3v) is 5.76. The summed E-state index contributed by atoms with van der Waals surface area (Å²) in [7, 11) is -3.20. The molecule has 0 saturated carbocycles. The molecule has 90 valence electrons. The molecule has 0 bridgehead atoms. The van der Waals surface area contributed by atoms with Gasteiger partial charge in [0.15, 0.2) is 0 Å². The number of hydrogen-bond acceptors (Lipinski definition) is 3. The van der Waals surface area contributed by atoms with Crippen LogP contribution in [0.5, 0.6) is 0 Å². The van der Waals surface area contributed by atoms with E-state index in [2.05, 4.69) is 0 Å². The van der Waals surface area contributed by atoms with E-state index >= 15 is 0 Å². The Morgan fingerprint density at radius 2 is 1.80 bits per heavy atom. The lowest BCUT2D eigenvalue weighted by Crippen LogP contribution is -2.51. The molecule has 3 unspecified atom stereocenters. The third-order valence-electron chi connectivity index (χ3n) is 3.25. The second-order valence-electron chi connectivity index (χ2n) is 4.55. The summed E-state index contributed by atoms with van der Waals surface area (Å²) in [5.74, 6) is 0. The number of nitrogens with zero attached hydrogens (tertiary/aromatic N) is 1. The monoisotopic (exact) mass is 234 g/mol. The van der Waals surface area contributed by atoms with Crippen LogP contribution in [0.4, 0.5) is 0 Å². The summed E-state index contributed by atoms with van der Waals surface area (Å²) in [6, 6.07) is 0.237. The number of hydrogen-bond donors (Lipinski definition) is 1. The Morgan fingerprint density at radius 3 is 2.20 bits per heavy atom. The van der Waals surface area contributed by atoms with E-state index in [4.69, 9.17) is 5.73 Å². The zero-order valence-corrected chi connectivity index (χ0v) is 10.6. The number of piperidine rings is 1. The first kappa shape index (κ1) is 12.9. The van der Waals surface area contributed by atoms with Crippen molar-refractivity contribution in [3.63, 3.8) is 0 Å². The Labute approximate surface area is 92.9 Å². The van der Waals surface area contributed by atoms with Crippen LogP contribution < -0.4 is 5.73 Å². The van der Waals surface area contributed by atoms with Crippen LogP contribution in [-0.4, -0.2) is 36.6 Å². The first-order valence-electron chi connectivity index (χ1n) is 5.63. The molecule has 1 fully saturated rings. The van der Waals surface area contributed by atoms with Gasteiger partial charge in [0.1, 0.15) is 0 Å². The molecule has 4 nitrogen and oxygen atoms in total. The largest absolute Gasteiger partial charge is 0.329 e. The molecule has 1 saturated heterocycles. The normalized spacial score (nSPS) is 31.5. The van der Waals surface area contributed by atoms with E-state index in [-0.39, 0.29) is 18.6 Å². The molecule has 0 aromatic heterocycles. The van der Waals surface area contributed by atoms with Gasteiger partial charge in [0.2, 0.25) is 10.0 Å². The summed E-state index contributed by atoms with van der Waals surface area (Å²) < 4.78 is 26.0. The predicted molar refractivity (Wildman–Crippen MR) is 62.1 cm³/mol.